The fourth-order valence-corrected chi connectivity index (χ4v) is 4.07. The molecular formula is C27H21Cl2N3O6. The smallest absolute Gasteiger partial charge is 0.338 e. The van der Waals surface area contributed by atoms with Gasteiger partial charge in [-0.2, -0.15) is 0 Å². The SMILES string of the molecule is CCOC(=O)c1cccc(NC(=O)c2cccc(NC3=C(Cl)C(=O)N(c4cc(Cl)ccc4OC)C3=O)c2)c1. The van der Waals surface area contributed by atoms with E-state index in [2.05, 4.69) is 10.6 Å². The summed E-state index contributed by atoms with van der Waals surface area (Å²) in [5.41, 5.74) is 1.26. The first kappa shape index (κ1) is 26.7. The van der Waals surface area contributed by atoms with E-state index in [0.29, 0.717) is 22.0 Å². The summed E-state index contributed by atoms with van der Waals surface area (Å²) in [5, 5.41) is 5.53. The lowest BCUT2D eigenvalue weighted by atomic mass is 10.1. The molecule has 194 valence electrons. The average molecular weight is 554 g/mol. The number of nitrogens with one attached hydrogen (secondary N) is 2. The highest BCUT2D eigenvalue weighted by molar-refractivity contribution is 6.53. The van der Waals surface area contributed by atoms with Crippen LogP contribution in [0, 0.1) is 0 Å². The largest absolute Gasteiger partial charge is 0.495 e. The Morgan fingerprint density at radius 2 is 1.58 bits per heavy atom. The van der Waals surface area contributed by atoms with Crippen molar-refractivity contribution >= 4 is 64.0 Å². The molecule has 0 radical (unpaired) electrons. The molecule has 0 spiro atoms. The van der Waals surface area contributed by atoms with Crippen LogP contribution in [0.4, 0.5) is 17.1 Å². The van der Waals surface area contributed by atoms with E-state index in [-0.39, 0.29) is 34.3 Å². The van der Waals surface area contributed by atoms with Crippen molar-refractivity contribution in [2.45, 2.75) is 6.92 Å². The van der Waals surface area contributed by atoms with E-state index in [0.717, 1.165) is 4.90 Å². The first-order valence-electron chi connectivity index (χ1n) is 11.3. The number of esters is 1. The van der Waals surface area contributed by atoms with Crippen LogP contribution in [0.1, 0.15) is 27.6 Å². The lowest BCUT2D eigenvalue weighted by Gasteiger charge is -2.18. The van der Waals surface area contributed by atoms with Gasteiger partial charge in [0.25, 0.3) is 17.7 Å². The third-order valence-corrected chi connectivity index (χ3v) is 6.02. The Hall–Kier alpha value is -4.34. The van der Waals surface area contributed by atoms with Crippen molar-refractivity contribution in [3.63, 3.8) is 0 Å². The van der Waals surface area contributed by atoms with Gasteiger partial charge >= 0.3 is 5.97 Å². The second-order valence-electron chi connectivity index (χ2n) is 7.91. The van der Waals surface area contributed by atoms with Crippen LogP contribution < -0.4 is 20.3 Å². The normalized spacial score (nSPS) is 13.0. The van der Waals surface area contributed by atoms with Crippen LogP contribution in [0.3, 0.4) is 0 Å². The van der Waals surface area contributed by atoms with Gasteiger partial charge < -0.3 is 20.1 Å². The van der Waals surface area contributed by atoms with E-state index in [9.17, 15) is 19.2 Å². The minimum absolute atomic E-state index is 0.142. The van der Waals surface area contributed by atoms with Gasteiger partial charge in [0.15, 0.2) is 0 Å². The quantitative estimate of drug-likeness (QED) is 0.290. The molecule has 9 nitrogen and oxygen atoms in total. The molecule has 1 aliphatic rings. The minimum Gasteiger partial charge on any atom is -0.495 e. The van der Waals surface area contributed by atoms with Crippen molar-refractivity contribution in [3.05, 3.63) is 93.6 Å². The molecule has 0 unspecified atom stereocenters. The molecule has 1 aliphatic heterocycles. The minimum atomic E-state index is -0.755. The number of halogens is 2. The number of nitrogens with zero attached hydrogens (tertiary/aromatic N) is 1. The molecular weight excluding hydrogens is 533 g/mol. The molecule has 3 aromatic carbocycles. The van der Waals surface area contributed by atoms with Crippen LogP contribution in [0.15, 0.2) is 77.5 Å². The maximum Gasteiger partial charge on any atom is 0.338 e. The second kappa shape index (κ2) is 11.4. The maximum absolute atomic E-state index is 13.2. The molecule has 11 heteroatoms. The van der Waals surface area contributed by atoms with Gasteiger partial charge in [0.1, 0.15) is 16.5 Å². The Labute approximate surface area is 227 Å². The number of carbonyl (C=O) groups is 4. The summed E-state index contributed by atoms with van der Waals surface area (Å²) in [6.45, 7) is 1.93. The van der Waals surface area contributed by atoms with E-state index in [1.54, 1.807) is 49.4 Å². The molecule has 0 atom stereocenters. The molecule has 38 heavy (non-hydrogen) atoms. The molecule has 3 amide bonds. The molecule has 0 aliphatic carbocycles. The molecule has 1 heterocycles. The van der Waals surface area contributed by atoms with Crippen molar-refractivity contribution in [2.75, 3.05) is 29.3 Å². The maximum atomic E-state index is 13.2. The highest BCUT2D eigenvalue weighted by Gasteiger charge is 2.40. The van der Waals surface area contributed by atoms with Gasteiger partial charge in [-0.05, 0) is 61.5 Å². The van der Waals surface area contributed by atoms with Crippen LogP contribution in [0.2, 0.25) is 5.02 Å². The lowest BCUT2D eigenvalue weighted by Crippen LogP contribution is -2.32. The summed E-state index contributed by atoms with van der Waals surface area (Å²) >= 11 is 12.3. The fraction of sp³-hybridized carbons (Fsp3) is 0.111. The number of carbonyl (C=O) groups excluding carboxylic acids is 4. The highest BCUT2D eigenvalue weighted by atomic mass is 35.5. The van der Waals surface area contributed by atoms with Crippen molar-refractivity contribution in [3.8, 4) is 5.75 Å². The van der Waals surface area contributed by atoms with E-state index < -0.39 is 23.7 Å². The number of hydrogen-bond donors (Lipinski definition) is 2. The fourth-order valence-electron chi connectivity index (χ4n) is 3.69. The van der Waals surface area contributed by atoms with Crippen molar-refractivity contribution < 1.29 is 28.7 Å². The van der Waals surface area contributed by atoms with Gasteiger partial charge in [0.2, 0.25) is 0 Å². The predicted molar refractivity (Wildman–Crippen MR) is 144 cm³/mol. The van der Waals surface area contributed by atoms with E-state index >= 15 is 0 Å². The van der Waals surface area contributed by atoms with Gasteiger partial charge in [-0.15, -0.1) is 0 Å². The van der Waals surface area contributed by atoms with Crippen molar-refractivity contribution in [2.24, 2.45) is 0 Å². The Morgan fingerprint density at radius 1 is 0.895 bits per heavy atom. The summed E-state index contributed by atoms with van der Waals surface area (Å²) in [7, 11) is 1.40. The molecule has 0 saturated heterocycles. The standard InChI is InChI=1S/C27H21Cl2N3O6/c1-3-38-27(36)16-7-5-9-19(13-16)31-24(33)15-6-4-8-18(12-15)30-23-22(29)25(34)32(26(23)35)20-14-17(28)10-11-21(20)37-2/h4-14,30H,3H2,1-2H3,(H,31,33). The molecule has 2 N–H and O–H groups in total. The van der Waals surface area contributed by atoms with Crippen LogP contribution >= 0.6 is 23.2 Å². The topological polar surface area (TPSA) is 114 Å². The van der Waals surface area contributed by atoms with Crippen LogP contribution in [-0.2, 0) is 14.3 Å². The van der Waals surface area contributed by atoms with Crippen LogP contribution in [0.5, 0.6) is 5.75 Å². The molecule has 0 fully saturated rings. The zero-order valence-electron chi connectivity index (χ0n) is 20.2. The Bertz CT molecular complexity index is 1490. The number of rotatable bonds is 8. The first-order chi connectivity index (χ1) is 18.2. The number of anilines is 3. The number of ether oxygens (including phenoxy) is 2. The molecule has 3 aromatic rings. The third-order valence-electron chi connectivity index (χ3n) is 5.43. The van der Waals surface area contributed by atoms with Crippen molar-refractivity contribution in [1.29, 1.82) is 0 Å². The lowest BCUT2D eigenvalue weighted by molar-refractivity contribution is -0.120. The van der Waals surface area contributed by atoms with Gasteiger partial charge in [0.05, 0.1) is 25.0 Å². The van der Waals surface area contributed by atoms with Crippen molar-refractivity contribution in [1.82, 2.24) is 0 Å². The number of imide groups is 1. The summed E-state index contributed by atoms with van der Waals surface area (Å²) in [5.74, 6) is -2.18. The zero-order chi connectivity index (χ0) is 27.4. The van der Waals surface area contributed by atoms with Gasteiger partial charge in [-0.3, -0.25) is 14.4 Å². The predicted octanol–water partition coefficient (Wildman–Crippen LogP) is 5.21. The third kappa shape index (κ3) is 5.49. The monoisotopic (exact) mass is 553 g/mol. The average Bonchev–Trinajstić information content (AvgIpc) is 3.12. The Kier molecular flexibility index (Phi) is 7.99. The molecule has 0 aromatic heterocycles. The van der Waals surface area contributed by atoms with Gasteiger partial charge in [0, 0.05) is 22.0 Å². The Morgan fingerprint density at radius 3 is 2.29 bits per heavy atom. The van der Waals surface area contributed by atoms with Gasteiger partial charge in [-0.25, -0.2) is 9.69 Å². The number of benzene rings is 3. The van der Waals surface area contributed by atoms with Gasteiger partial charge in [-0.1, -0.05) is 35.3 Å². The summed E-state index contributed by atoms with van der Waals surface area (Å²) in [6, 6.07) is 17.1. The van der Waals surface area contributed by atoms with E-state index in [1.807, 2.05) is 0 Å². The summed E-state index contributed by atoms with van der Waals surface area (Å²) < 4.78 is 10.3. The summed E-state index contributed by atoms with van der Waals surface area (Å²) in [6.07, 6.45) is 0. The van der Waals surface area contributed by atoms with Crippen LogP contribution in [-0.4, -0.2) is 37.4 Å². The molecule has 0 bridgehead atoms. The van der Waals surface area contributed by atoms with E-state index in [1.165, 1.54) is 31.4 Å². The second-order valence-corrected chi connectivity index (χ2v) is 8.73. The highest BCUT2D eigenvalue weighted by Crippen LogP contribution is 2.37. The molecule has 4 rings (SSSR count). The zero-order valence-corrected chi connectivity index (χ0v) is 21.7. The molecule has 0 saturated carbocycles. The number of hydrogen-bond acceptors (Lipinski definition) is 7. The Balaban J connectivity index is 1.53. The number of amides is 3. The first-order valence-corrected chi connectivity index (χ1v) is 12.1. The van der Waals surface area contributed by atoms with E-state index in [4.69, 9.17) is 32.7 Å². The van der Waals surface area contributed by atoms with Crippen LogP contribution in [0.25, 0.3) is 0 Å². The number of methoxy groups -OCH3 is 1. The summed E-state index contributed by atoms with van der Waals surface area (Å²) in [4.78, 5) is 51.8.